The standard InChI is InChI=1S/C14H12N4O2/c1-2-11-7-10(8-12(19)16-11)14-17-13(18-20-14)9-3-5-15-6-4-9/h3-8H,2H2,1H3,(H,16,19). The van der Waals surface area contributed by atoms with Crippen molar-refractivity contribution in [2.75, 3.05) is 0 Å². The first-order valence-corrected chi connectivity index (χ1v) is 6.24. The zero-order valence-corrected chi connectivity index (χ0v) is 10.8. The van der Waals surface area contributed by atoms with Gasteiger partial charge in [-0.05, 0) is 24.6 Å². The monoisotopic (exact) mass is 268 g/mol. The minimum Gasteiger partial charge on any atom is -0.334 e. The topological polar surface area (TPSA) is 84.7 Å². The molecule has 0 aromatic carbocycles. The van der Waals surface area contributed by atoms with Gasteiger partial charge in [0.05, 0.1) is 0 Å². The van der Waals surface area contributed by atoms with E-state index in [1.54, 1.807) is 24.5 Å². The van der Waals surface area contributed by atoms with Crippen molar-refractivity contribution in [2.24, 2.45) is 0 Å². The van der Waals surface area contributed by atoms with Gasteiger partial charge < -0.3 is 9.51 Å². The molecule has 0 saturated carbocycles. The molecule has 3 aromatic heterocycles. The van der Waals surface area contributed by atoms with E-state index in [1.807, 2.05) is 13.0 Å². The van der Waals surface area contributed by atoms with Gasteiger partial charge in [0.2, 0.25) is 11.4 Å². The van der Waals surface area contributed by atoms with Crippen LogP contribution in [0.3, 0.4) is 0 Å². The summed E-state index contributed by atoms with van der Waals surface area (Å²) in [5, 5.41) is 3.92. The molecular weight excluding hydrogens is 256 g/mol. The van der Waals surface area contributed by atoms with Crippen molar-refractivity contribution < 1.29 is 4.52 Å². The fraction of sp³-hybridized carbons (Fsp3) is 0.143. The predicted octanol–water partition coefficient (Wildman–Crippen LogP) is 2.05. The maximum Gasteiger partial charge on any atom is 0.258 e. The van der Waals surface area contributed by atoms with Crippen LogP contribution in [-0.2, 0) is 6.42 Å². The van der Waals surface area contributed by atoms with E-state index in [0.717, 1.165) is 17.7 Å². The Labute approximate surface area is 114 Å². The Kier molecular flexibility index (Phi) is 3.12. The number of aromatic nitrogens is 4. The minimum atomic E-state index is -0.178. The largest absolute Gasteiger partial charge is 0.334 e. The molecule has 6 heteroatoms. The van der Waals surface area contributed by atoms with Crippen LogP contribution in [0.4, 0.5) is 0 Å². The van der Waals surface area contributed by atoms with Crippen LogP contribution < -0.4 is 5.56 Å². The van der Waals surface area contributed by atoms with Crippen molar-refractivity contribution in [3.05, 3.63) is 52.7 Å². The van der Waals surface area contributed by atoms with Crippen LogP contribution in [0.2, 0.25) is 0 Å². The van der Waals surface area contributed by atoms with E-state index < -0.39 is 0 Å². The van der Waals surface area contributed by atoms with Gasteiger partial charge in [-0.25, -0.2) is 0 Å². The van der Waals surface area contributed by atoms with E-state index in [9.17, 15) is 4.79 Å². The molecule has 0 aliphatic heterocycles. The van der Waals surface area contributed by atoms with Crippen LogP contribution in [0.15, 0.2) is 46.0 Å². The molecule has 0 atom stereocenters. The van der Waals surface area contributed by atoms with Crippen molar-refractivity contribution >= 4 is 0 Å². The molecule has 20 heavy (non-hydrogen) atoms. The molecule has 1 N–H and O–H groups in total. The summed E-state index contributed by atoms with van der Waals surface area (Å²) in [6.07, 6.45) is 4.05. The van der Waals surface area contributed by atoms with Crippen molar-refractivity contribution in [3.8, 4) is 22.8 Å². The lowest BCUT2D eigenvalue weighted by molar-refractivity contribution is 0.432. The summed E-state index contributed by atoms with van der Waals surface area (Å²) >= 11 is 0. The first-order valence-electron chi connectivity index (χ1n) is 6.24. The van der Waals surface area contributed by atoms with Gasteiger partial charge in [0.15, 0.2) is 0 Å². The third-order valence-corrected chi connectivity index (χ3v) is 2.89. The molecule has 0 bridgehead atoms. The van der Waals surface area contributed by atoms with Gasteiger partial charge in [-0.1, -0.05) is 12.1 Å². The van der Waals surface area contributed by atoms with Crippen LogP contribution >= 0.6 is 0 Å². The molecule has 0 fully saturated rings. The molecule has 100 valence electrons. The molecule has 3 heterocycles. The summed E-state index contributed by atoms with van der Waals surface area (Å²) in [4.78, 5) is 22.6. The summed E-state index contributed by atoms with van der Waals surface area (Å²) in [5.41, 5.74) is 2.09. The Morgan fingerprint density at radius 3 is 2.75 bits per heavy atom. The van der Waals surface area contributed by atoms with E-state index >= 15 is 0 Å². The lowest BCUT2D eigenvalue weighted by Gasteiger charge is -1.98. The van der Waals surface area contributed by atoms with E-state index in [0.29, 0.717) is 17.3 Å². The second kappa shape index (κ2) is 5.08. The molecule has 6 nitrogen and oxygen atoms in total. The van der Waals surface area contributed by atoms with Crippen LogP contribution in [0.1, 0.15) is 12.6 Å². The van der Waals surface area contributed by atoms with Gasteiger partial charge in [-0.15, -0.1) is 0 Å². The summed E-state index contributed by atoms with van der Waals surface area (Å²) in [7, 11) is 0. The number of hydrogen-bond donors (Lipinski definition) is 1. The van der Waals surface area contributed by atoms with Crippen molar-refractivity contribution in [1.82, 2.24) is 20.1 Å². The highest BCUT2D eigenvalue weighted by molar-refractivity contribution is 5.59. The second-order valence-corrected chi connectivity index (χ2v) is 4.27. The van der Waals surface area contributed by atoms with Crippen LogP contribution in [0.5, 0.6) is 0 Å². The lowest BCUT2D eigenvalue weighted by atomic mass is 10.2. The number of nitrogens with one attached hydrogen (secondary N) is 1. The first kappa shape index (κ1) is 12.3. The molecule has 0 aliphatic carbocycles. The maximum atomic E-state index is 11.6. The van der Waals surface area contributed by atoms with Crippen LogP contribution in [-0.4, -0.2) is 20.1 Å². The van der Waals surface area contributed by atoms with Crippen molar-refractivity contribution in [2.45, 2.75) is 13.3 Å². The van der Waals surface area contributed by atoms with Crippen LogP contribution in [0, 0.1) is 0 Å². The number of aromatic amines is 1. The Morgan fingerprint density at radius 1 is 1.20 bits per heavy atom. The van der Waals surface area contributed by atoms with Gasteiger partial charge in [-0.3, -0.25) is 9.78 Å². The highest BCUT2D eigenvalue weighted by Gasteiger charge is 2.11. The molecule has 0 aliphatic rings. The van der Waals surface area contributed by atoms with Crippen molar-refractivity contribution in [3.63, 3.8) is 0 Å². The summed E-state index contributed by atoms with van der Waals surface area (Å²) in [6, 6.07) is 6.88. The van der Waals surface area contributed by atoms with E-state index in [-0.39, 0.29) is 5.56 Å². The molecule has 0 unspecified atom stereocenters. The first-order chi connectivity index (χ1) is 9.76. The zero-order valence-electron chi connectivity index (χ0n) is 10.8. The summed E-state index contributed by atoms with van der Waals surface area (Å²) in [5.74, 6) is 0.804. The quantitative estimate of drug-likeness (QED) is 0.785. The summed E-state index contributed by atoms with van der Waals surface area (Å²) < 4.78 is 5.23. The SMILES string of the molecule is CCc1cc(-c2nc(-c3ccncc3)no2)cc(=O)[nH]1. The number of rotatable bonds is 3. The Morgan fingerprint density at radius 2 is 2.00 bits per heavy atom. The Hall–Kier alpha value is -2.76. The van der Waals surface area contributed by atoms with E-state index in [1.165, 1.54) is 6.07 Å². The Bertz CT molecular complexity index is 777. The smallest absolute Gasteiger partial charge is 0.258 e. The molecule has 3 aromatic rings. The van der Waals surface area contributed by atoms with E-state index in [4.69, 9.17) is 4.52 Å². The zero-order chi connectivity index (χ0) is 13.9. The Balaban J connectivity index is 2.02. The van der Waals surface area contributed by atoms with Crippen LogP contribution in [0.25, 0.3) is 22.8 Å². The second-order valence-electron chi connectivity index (χ2n) is 4.27. The fourth-order valence-electron chi connectivity index (χ4n) is 1.87. The highest BCUT2D eigenvalue weighted by Crippen LogP contribution is 2.21. The molecule has 0 radical (unpaired) electrons. The average Bonchev–Trinajstić information content (AvgIpc) is 2.97. The molecular formula is C14H12N4O2. The normalized spacial score (nSPS) is 10.7. The molecule has 3 rings (SSSR count). The van der Waals surface area contributed by atoms with Crippen molar-refractivity contribution in [1.29, 1.82) is 0 Å². The predicted molar refractivity (Wildman–Crippen MR) is 73.0 cm³/mol. The highest BCUT2D eigenvalue weighted by atomic mass is 16.5. The third-order valence-electron chi connectivity index (χ3n) is 2.89. The number of pyridine rings is 2. The number of nitrogens with zero attached hydrogens (tertiary/aromatic N) is 3. The van der Waals surface area contributed by atoms with Gasteiger partial charge in [0.25, 0.3) is 5.89 Å². The molecule has 0 spiro atoms. The average molecular weight is 268 g/mol. The van der Waals surface area contributed by atoms with Gasteiger partial charge in [0, 0.05) is 35.3 Å². The van der Waals surface area contributed by atoms with Gasteiger partial charge in [-0.2, -0.15) is 4.98 Å². The lowest BCUT2D eigenvalue weighted by Crippen LogP contribution is -2.07. The van der Waals surface area contributed by atoms with E-state index in [2.05, 4.69) is 20.1 Å². The number of H-pyrrole nitrogens is 1. The fourth-order valence-corrected chi connectivity index (χ4v) is 1.87. The number of hydrogen-bond acceptors (Lipinski definition) is 5. The molecule has 0 saturated heterocycles. The maximum absolute atomic E-state index is 11.6. The van der Waals surface area contributed by atoms with Gasteiger partial charge in [0.1, 0.15) is 0 Å². The molecule has 0 amide bonds. The summed E-state index contributed by atoms with van der Waals surface area (Å²) in [6.45, 7) is 1.96. The minimum absolute atomic E-state index is 0.178. The third kappa shape index (κ3) is 2.35. The van der Waals surface area contributed by atoms with Gasteiger partial charge >= 0.3 is 0 Å². The number of aryl methyl sites for hydroxylation is 1.